The number of amides is 1. The summed E-state index contributed by atoms with van der Waals surface area (Å²) in [6.45, 7) is 6.54. The van der Waals surface area contributed by atoms with Gasteiger partial charge in [0, 0.05) is 45.5 Å². The van der Waals surface area contributed by atoms with Crippen molar-refractivity contribution in [3.05, 3.63) is 18.0 Å². The van der Waals surface area contributed by atoms with Gasteiger partial charge in [0.05, 0.1) is 11.8 Å². The van der Waals surface area contributed by atoms with Crippen molar-refractivity contribution in [1.82, 2.24) is 19.6 Å². The number of carbonyl (C=O) groups is 1. The van der Waals surface area contributed by atoms with Gasteiger partial charge in [0.1, 0.15) is 0 Å². The van der Waals surface area contributed by atoms with E-state index in [1.54, 1.807) is 17.1 Å². The largest absolute Gasteiger partial charge is 0.337 e. The van der Waals surface area contributed by atoms with Crippen LogP contribution in [0.1, 0.15) is 36.5 Å². The monoisotopic (exact) mass is 293 g/mol. The van der Waals surface area contributed by atoms with E-state index in [1.807, 2.05) is 11.9 Å². The normalized spacial score (nSPS) is 18.5. The summed E-state index contributed by atoms with van der Waals surface area (Å²) in [5, 5.41) is 4.08. The number of aromatic nitrogens is 2. The van der Waals surface area contributed by atoms with Gasteiger partial charge in [-0.25, -0.2) is 0 Å². The fraction of sp³-hybridized carbons (Fsp3) is 0.733. The molecule has 1 atom stereocenters. The van der Waals surface area contributed by atoms with Crippen LogP contribution in [0.25, 0.3) is 0 Å². The molecule has 0 aromatic carbocycles. The molecule has 2 rings (SSSR count). The minimum Gasteiger partial charge on any atom is -0.337 e. The summed E-state index contributed by atoms with van der Waals surface area (Å²) in [6, 6.07) is 0.545. The van der Waals surface area contributed by atoms with Crippen LogP contribution in [0.4, 0.5) is 0 Å². The molecule has 1 fully saturated rings. The zero-order valence-corrected chi connectivity index (χ0v) is 13.2. The Morgan fingerprint density at radius 3 is 2.81 bits per heavy atom. The average molecular weight is 293 g/mol. The Kier molecular flexibility index (Phi) is 5.76. The number of hydrogen-bond donors (Lipinski definition) is 1. The second-order valence-electron chi connectivity index (χ2n) is 5.72. The van der Waals surface area contributed by atoms with Gasteiger partial charge in [-0.15, -0.1) is 0 Å². The third-order valence-electron chi connectivity index (χ3n) is 4.26. The molecule has 0 saturated carbocycles. The van der Waals surface area contributed by atoms with Gasteiger partial charge in [-0.3, -0.25) is 14.4 Å². The smallest absolute Gasteiger partial charge is 0.257 e. The van der Waals surface area contributed by atoms with Crippen LogP contribution < -0.4 is 5.73 Å². The van der Waals surface area contributed by atoms with Gasteiger partial charge in [0.2, 0.25) is 0 Å². The van der Waals surface area contributed by atoms with Crippen molar-refractivity contribution in [2.24, 2.45) is 12.8 Å². The predicted molar refractivity (Wildman–Crippen MR) is 83.1 cm³/mol. The standard InChI is InChI=1S/C15H27N5O/c1-3-14(5-6-16)19-7-4-8-20(10-9-19)15(21)13-11-17-18(2)12-13/h11-12,14H,3-10,16H2,1-2H3. The van der Waals surface area contributed by atoms with Crippen LogP contribution in [0.5, 0.6) is 0 Å². The summed E-state index contributed by atoms with van der Waals surface area (Å²) in [6.07, 6.45) is 6.61. The third-order valence-corrected chi connectivity index (χ3v) is 4.26. The van der Waals surface area contributed by atoms with Crippen molar-refractivity contribution in [2.45, 2.75) is 32.2 Å². The number of carbonyl (C=O) groups excluding carboxylic acids is 1. The topological polar surface area (TPSA) is 67.4 Å². The minimum absolute atomic E-state index is 0.0943. The quantitative estimate of drug-likeness (QED) is 0.867. The van der Waals surface area contributed by atoms with Crippen LogP contribution in [-0.2, 0) is 7.05 Å². The number of nitrogens with two attached hydrogens (primary N) is 1. The number of hydrogen-bond acceptors (Lipinski definition) is 4. The van der Waals surface area contributed by atoms with E-state index in [4.69, 9.17) is 5.73 Å². The minimum atomic E-state index is 0.0943. The van der Waals surface area contributed by atoms with E-state index in [9.17, 15) is 4.79 Å². The van der Waals surface area contributed by atoms with Gasteiger partial charge in [0.15, 0.2) is 0 Å². The van der Waals surface area contributed by atoms with Crippen LogP contribution in [0.15, 0.2) is 12.4 Å². The highest BCUT2D eigenvalue weighted by Crippen LogP contribution is 2.14. The van der Waals surface area contributed by atoms with Crippen molar-refractivity contribution in [1.29, 1.82) is 0 Å². The van der Waals surface area contributed by atoms with Crippen LogP contribution >= 0.6 is 0 Å². The highest BCUT2D eigenvalue weighted by Gasteiger charge is 2.24. The first-order valence-corrected chi connectivity index (χ1v) is 7.87. The summed E-state index contributed by atoms with van der Waals surface area (Å²) in [5.74, 6) is 0.0943. The maximum atomic E-state index is 12.5. The van der Waals surface area contributed by atoms with Crippen LogP contribution in [0, 0.1) is 0 Å². The van der Waals surface area contributed by atoms with E-state index in [1.165, 1.54) is 0 Å². The Balaban J connectivity index is 1.95. The molecule has 1 aliphatic heterocycles. The lowest BCUT2D eigenvalue weighted by Gasteiger charge is -2.29. The molecule has 0 bridgehead atoms. The Morgan fingerprint density at radius 2 is 2.19 bits per heavy atom. The van der Waals surface area contributed by atoms with Crippen LogP contribution in [0.3, 0.4) is 0 Å². The molecular weight excluding hydrogens is 266 g/mol. The number of rotatable bonds is 5. The van der Waals surface area contributed by atoms with E-state index in [0.717, 1.165) is 52.0 Å². The molecule has 1 unspecified atom stereocenters. The van der Waals surface area contributed by atoms with E-state index < -0.39 is 0 Å². The van der Waals surface area contributed by atoms with E-state index in [-0.39, 0.29) is 5.91 Å². The van der Waals surface area contributed by atoms with Crippen molar-refractivity contribution < 1.29 is 4.79 Å². The fourth-order valence-electron chi connectivity index (χ4n) is 3.06. The Labute approximate surface area is 126 Å². The second-order valence-corrected chi connectivity index (χ2v) is 5.72. The lowest BCUT2D eigenvalue weighted by Crippen LogP contribution is -2.40. The van der Waals surface area contributed by atoms with Gasteiger partial charge < -0.3 is 10.6 Å². The zero-order valence-electron chi connectivity index (χ0n) is 13.2. The molecule has 1 aliphatic rings. The van der Waals surface area contributed by atoms with Gasteiger partial charge in [-0.05, 0) is 25.8 Å². The number of nitrogens with zero attached hydrogens (tertiary/aromatic N) is 4. The molecule has 6 heteroatoms. The molecular formula is C15H27N5O. The first-order valence-electron chi connectivity index (χ1n) is 7.87. The van der Waals surface area contributed by atoms with Gasteiger partial charge >= 0.3 is 0 Å². The molecule has 1 aromatic rings. The molecule has 2 heterocycles. The lowest BCUT2D eigenvalue weighted by molar-refractivity contribution is 0.0757. The summed E-state index contributed by atoms with van der Waals surface area (Å²) in [5.41, 5.74) is 6.38. The second kappa shape index (κ2) is 7.56. The summed E-state index contributed by atoms with van der Waals surface area (Å²) in [4.78, 5) is 16.9. The van der Waals surface area contributed by atoms with Crippen molar-refractivity contribution in [3.8, 4) is 0 Å². The van der Waals surface area contributed by atoms with Crippen LogP contribution in [0.2, 0.25) is 0 Å². The summed E-state index contributed by atoms with van der Waals surface area (Å²) in [7, 11) is 1.83. The molecule has 1 saturated heterocycles. The first-order chi connectivity index (χ1) is 10.2. The van der Waals surface area contributed by atoms with Crippen molar-refractivity contribution in [2.75, 3.05) is 32.7 Å². The fourth-order valence-corrected chi connectivity index (χ4v) is 3.06. The van der Waals surface area contributed by atoms with E-state index in [0.29, 0.717) is 11.6 Å². The summed E-state index contributed by atoms with van der Waals surface area (Å²) < 4.78 is 1.67. The molecule has 118 valence electrons. The Morgan fingerprint density at radius 1 is 1.38 bits per heavy atom. The summed E-state index contributed by atoms with van der Waals surface area (Å²) >= 11 is 0. The molecule has 21 heavy (non-hydrogen) atoms. The van der Waals surface area contributed by atoms with Gasteiger partial charge in [-0.1, -0.05) is 6.92 Å². The first kappa shape index (κ1) is 16.0. The molecule has 0 radical (unpaired) electrons. The van der Waals surface area contributed by atoms with Gasteiger partial charge in [-0.2, -0.15) is 5.10 Å². The predicted octanol–water partition coefficient (Wildman–Crippen LogP) is 0.695. The lowest BCUT2D eigenvalue weighted by atomic mass is 10.1. The Hall–Kier alpha value is -1.40. The maximum Gasteiger partial charge on any atom is 0.257 e. The molecule has 1 aromatic heterocycles. The highest BCUT2D eigenvalue weighted by molar-refractivity contribution is 5.93. The van der Waals surface area contributed by atoms with Crippen LogP contribution in [-0.4, -0.2) is 64.3 Å². The zero-order chi connectivity index (χ0) is 15.2. The number of aryl methyl sites for hydroxylation is 1. The van der Waals surface area contributed by atoms with E-state index >= 15 is 0 Å². The third kappa shape index (κ3) is 4.04. The molecule has 6 nitrogen and oxygen atoms in total. The van der Waals surface area contributed by atoms with Crippen molar-refractivity contribution in [3.63, 3.8) is 0 Å². The van der Waals surface area contributed by atoms with Gasteiger partial charge in [0.25, 0.3) is 5.91 Å². The van der Waals surface area contributed by atoms with Crippen molar-refractivity contribution >= 4 is 5.91 Å². The SMILES string of the molecule is CCC(CCN)N1CCCN(C(=O)c2cnn(C)c2)CC1. The molecule has 0 spiro atoms. The average Bonchev–Trinajstić information content (AvgIpc) is 2.77. The molecule has 2 N–H and O–H groups in total. The molecule has 1 amide bonds. The highest BCUT2D eigenvalue weighted by atomic mass is 16.2. The maximum absolute atomic E-state index is 12.5. The molecule has 0 aliphatic carbocycles. The Bertz CT molecular complexity index is 459. The van der Waals surface area contributed by atoms with E-state index in [2.05, 4.69) is 16.9 Å².